The number of aromatic nitrogens is 3. The van der Waals surface area contributed by atoms with Gasteiger partial charge in [0.05, 0.1) is 22.6 Å². The van der Waals surface area contributed by atoms with Gasteiger partial charge in [-0.1, -0.05) is 147 Å². The van der Waals surface area contributed by atoms with Crippen LogP contribution < -0.4 is 0 Å². The van der Waals surface area contributed by atoms with Crippen LogP contribution in [0.5, 0.6) is 0 Å². The summed E-state index contributed by atoms with van der Waals surface area (Å²) < 4.78 is 0. The summed E-state index contributed by atoms with van der Waals surface area (Å²) in [5.41, 5.74) is 12.9. The van der Waals surface area contributed by atoms with E-state index in [1.165, 1.54) is 38.4 Å². The quantitative estimate of drug-likeness (QED) is 0.188. The van der Waals surface area contributed by atoms with Crippen molar-refractivity contribution in [2.75, 3.05) is 0 Å². The Labute approximate surface area is 274 Å². The first-order valence-electron chi connectivity index (χ1n) is 16.1. The Balaban J connectivity index is 1.33. The summed E-state index contributed by atoms with van der Waals surface area (Å²) in [6.07, 6.45) is 0. The van der Waals surface area contributed by atoms with Crippen molar-refractivity contribution in [3.63, 3.8) is 0 Å². The van der Waals surface area contributed by atoms with Gasteiger partial charge in [-0.2, -0.15) is 0 Å². The summed E-state index contributed by atoms with van der Waals surface area (Å²) in [6.45, 7) is 4.67. The lowest BCUT2D eigenvalue weighted by Gasteiger charge is -2.26. The van der Waals surface area contributed by atoms with Crippen LogP contribution in [0.2, 0.25) is 0 Å². The monoisotopic (exact) mass is 601 g/mol. The van der Waals surface area contributed by atoms with Crippen molar-refractivity contribution < 1.29 is 0 Å². The molecule has 0 bridgehead atoms. The predicted octanol–water partition coefficient (Wildman–Crippen LogP) is 11.2. The van der Waals surface area contributed by atoms with Crippen molar-refractivity contribution in [2.24, 2.45) is 0 Å². The molecule has 0 atom stereocenters. The molecule has 0 unspecified atom stereocenters. The van der Waals surface area contributed by atoms with Crippen molar-refractivity contribution in [3.05, 3.63) is 163 Å². The van der Waals surface area contributed by atoms with E-state index < -0.39 is 0 Å². The third-order valence-corrected chi connectivity index (χ3v) is 9.63. The van der Waals surface area contributed by atoms with E-state index >= 15 is 0 Å². The number of benzene rings is 6. The van der Waals surface area contributed by atoms with E-state index in [1.807, 2.05) is 12.1 Å². The van der Waals surface area contributed by atoms with Crippen molar-refractivity contribution in [1.29, 1.82) is 0 Å². The number of rotatable bonds is 4. The van der Waals surface area contributed by atoms with Crippen LogP contribution >= 0.6 is 0 Å². The van der Waals surface area contributed by atoms with Crippen LogP contribution in [0, 0.1) is 0 Å². The highest BCUT2D eigenvalue weighted by atomic mass is 14.9. The van der Waals surface area contributed by atoms with Crippen LogP contribution in [0.1, 0.15) is 25.0 Å². The topological polar surface area (TPSA) is 38.7 Å². The molecule has 2 aromatic heterocycles. The number of hydrogen-bond donors (Lipinski definition) is 0. The van der Waals surface area contributed by atoms with Gasteiger partial charge in [0.15, 0.2) is 5.82 Å². The molecule has 0 aliphatic heterocycles. The highest BCUT2D eigenvalue weighted by Crippen LogP contribution is 2.54. The molecule has 0 spiro atoms. The minimum absolute atomic E-state index is 0.237. The molecule has 3 heteroatoms. The minimum Gasteiger partial charge on any atom is -0.247 e. The summed E-state index contributed by atoms with van der Waals surface area (Å²) in [5, 5.41) is 3.60. The zero-order valence-electron chi connectivity index (χ0n) is 26.3. The maximum absolute atomic E-state index is 5.38. The van der Waals surface area contributed by atoms with Crippen molar-refractivity contribution >= 4 is 21.7 Å². The van der Waals surface area contributed by atoms with Crippen molar-refractivity contribution in [3.8, 4) is 56.3 Å². The summed E-state index contributed by atoms with van der Waals surface area (Å²) in [7, 11) is 0. The highest BCUT2D eigenvalue weighted by Gasteiger charge is 2.39. The summed E-state index contributed by atoms with van der Waals surface area (Å²) in [4.78, 5) is 15.7. The van der Waals surface area contributed by atoms with Gasteiger partial charge in [0.2, 0.25) is 0 Å². The fourth-order valence-electron chi connectivity index (χ4n) is 7.40. The smallest absolute Gasteiger partial charge is 0.160 e. The Bertz CT molecular complexity index is 2420. The molecule has 0 fully saturated rings. The largest absolute Gasteiger partial charge is 0.247 e. The number of fused-ring (bicyclic) bond motifs is 6. The first-order valence-corrected chi connectivity index (χ1v) is 16.1. The van der Waals surface area contributed by atoms with Gasteiger partial charge in [-0.05, 0) is 51.2 Å². The predicted molar refractivity (Wildman–Crippen MR) is 194 cm³/mol. The minimum atomic E-state index is -0.237. The zero-order valence-corrected chi connectivity index (χ0v) is 26.3. The Morgan fingerprint density at radius 1 is 0.489 bits per heavy atom. The molecule has 0 saturated heterocycles. The fraction of sp³-hybridized carbons (Fsp3) is 0.0682. The van der Waals surface area contributed by atoms with Crippen LogP contribution in [0.15, 0.2) is 152 Å². The van der Waals surface area contributed by atoms with Crippen LogP contribution in [0.3, 0.4) is 0 Å². The molecule has 47 heavy (non-hydrogen) atoms. The van der Waals surface area contributed by atoms with Gasteiger partial charge in [-0.15, -0.1) is 0 Å². The van der Waals surface area contributed by atoms with E-state index in [0.29, 0.717) is 5.82 Å². The molecule has 0 N–H and O–H groups in total. The average molecular weight is 602 g/mol. The third-order valence-electron chi connectivity index (χ3n) is 9.63. The standard InChI is InChI=1S/C44H31N3/c1-44(2)35-23-12-11-22-34(35)42-41(44)39(40-33-21-10-9-14-28(33)24-25-36(40)45-42)31-19-13-20-32(26-31)43-46-37(29-15-5-3-6-16-29)27-38(47-43)30-17-7-4-8-18-30/h3-27H,1-2H3. The van der Waals surface area contributed by atoms with Gasteiger partial charge in [0.1, 0.15) is 0 Å². The molecule has 3 nitrogen and oxygen atoms in total. The molecule has 1 aliphatic carbocycles. The van der Waals surface area contributed by atoms with E-state index in [-0.39, 0.29) is 5.41 Å². The van der Waals surface area contributed by atoms with Crippen LogP contribution in [0.25, 0.3) is 78.0 Å². The second-order valence-electron chi connectivity index (χ2n) is 12.8. The van der Waals surface area contributed by atoms with Crippen molar-refractivity contribution in [2.45, 2.75) is 19.3 Å². The fourth-order valence-corrected chi connectivity index (χ4v) is 7.40. The summed E-state index contributed by atoms with van der Waals surface area (Å²) in [5.74, 6) is 0.703. The lowest BCUT2D eigenvalue weighted by Crippen LogP contribution is -2.16. The summed E-state index contributed by atoms with van der Waals surface area (Å²) in [6, 6.07) is 53.4. The van der Waals surface area contributed by atoms with Crippen LogP contribution in [0.4, 0.5) is 0 Å². The number of hydrogen-bond acceptors (Lipinski definition) is 3. The Morgan fingerprint density at radius 2 is 1.11 bits per heavy atom. The molecule has 0 amide bonds. The van der Waals surface area contributed by atoms with E-state index in [2.05, 4.69) is 153 Å². The van der Waals surface area contributed by atoms with Crippen LogP contribution in [-0.4, -0.2) is 15.0 Å². The molecular formula is C44H31N3. The molecule has 6 aromatic carbocycles. The lowest BCUT2D eigenvalue weighted by atomic mass is 9.78. The maximum Gasteiger partial charge on any atom is 0.160 e. The lowest BCUT2D eigenvalue weighted by molar-refractivity contribution is 0.662. The SMILES string of the molecule is CC1(C)c2ccccc2-c2nc3ccc4ccccc4c3c(-c3cccc(-c4nc(-c5ccccc5)cc(-c5ccccc5)n4)c3)c21. The normalized spacial score (nSPS) is 13.1. The van der Waals surface area contributed by atoms with E-state index in [1.54, 1.807) is 0 Å². The van der Waals surface area contributed by atoms with Crippen molar-refractivity contribution in [1.82, 2.24) is 15.0 Å². The Morgan fingerprint density at radius 3 is 1.85 bits per heavy atom. The number of pyridine rings is 1. The highest BCUT2D eigenvalue weighted by molar-refractivity contribution is 6.16. The molecule has 2 heterocycles. The first kappa shape index (κ1) is 27.4. The summed E-state index contributed by atoms with van der Waals surface area (Å²) >= 11 is 0. The van der Waals surface area contributed by atoms with Gasteiger partial charge in [-0.3, -0.25) is 0 Å². The van der Waals surface area contributed by atoms with Gasteiger partial charge in [-0.25, -0.2) is 15.0 Å². The second-order valence-corrected chi connectivity index (χ2v) is 12.8. The molecule has 9 rings (SSSR count). The van der Waals surface area contributed by atoms with E-state index in [4.69, 9.17) is 15.0 Å². The molecular weight excluding hydrogens is 571 g/mol. The third kappa shape index (κ3) is 4.39. The van der Waals surface area contributed by atoms with Gasteiger partial charge >= 0.3 is 0 Å². The maximum atomic E-state index is 5.38. The zero-order chi connectivity index (χ0) is 31.5. The molecule has 1 aliphatic rings. The Hall–Kier alpha value is -5.93. The second kappa shape index (κ2) is 10.6. The van der Waals surface area contributed by atoms with E-state index in [9.17, 15) is 0 Å². The number of nitrogens with zero attached hydrogens (tertiary/aromatic N) is 3. The van der Waals surface area contributed by atoms with E-state index in [0.717, 1.165) is 44.9 Å². The average Bonchev–Trinajstić information content (AvgIpc) is 3.37. The van der Waals surface area contributed by atoms with Gasteiger partial charge < -0.3 is 0 Å². The van der Waals surface area contributed by atoms with Gasteiger partial charge in [0, 0.05) is 33.1 Å². The molecule has 0 saturated carbocycles. The van der Waals surface area contributed by atoms with Gasteiger partial charge in [0.25, 0.3) is 0 Å². The first-order chi connectivity index (χ1) is 23.1. The molecule has 222 valence electrons. The Kier molecular flexibility index (Phi) is 6.16. The molecule has 8 aromatic rings. The van der Waals surface area contributed by atoms with Crippen LogP contribution in [-0.2, 0) is 5.41 Å². The molecule has 0 radical (unpaired) electrons.